The van der Waals surface area contributed by atoms with E-state index in [0.29, 0.717) is 5.88 Å². The maximum Gasteiger partial charge on any atom is 0.218 e. The molecule has 0 N–H and O–H groups in total. The smallest absolute Gasteiger partial charge is 0.218 e. The second kappa shape index (κ2) is 6.75. The molecular formula is C17H22N4O. The third-order valence-electron chi connectivity index (χ3n) is 4.02. The molecule has 1 aliphatic rings. The van der Waals surface area contributed by atoms with Crippen LogP contribution >= 0.6 is 0 Å². The Hall–Kier alpha value is -2.14. The maximum atomic E-state index is 5.17. The van der Waals surface area contributed by atoms with Crippen LogP contribution in [0.3, 0.4) is 0 Å². The van der Waals surface area contributed by atoms with Gasteiger partial charge in [0.2, 0.25) is 5.88 Å². The zero-order valence-electron chi connectivity index (χ0n) is 13.2. The fraction of sp³-hybridized carbons (Fsp3) is 0.412. The number of piperazine rings is 1. The van der Waals surface area contributed by atoms with Crippen molar-refractivity contribution >= 4 is 5.82 Å². The van der Waals surface area contributed by atoms with Crippen molar-refractivity contribution in [2.75, 3.05) is 38.2 Å². The summed E-state index contributed by atoms with van der Waals surface area (Å²) < 4.78 is 5.17. The maximum absolute atomic E-state index is 5.17. The molecule has 22 heavy (non-hydrogen) atoms. The molecule has 5 nitrogen and oxygen atoms in total. The highest BCUT2D eigenvalue weighted by atomic mass is 16.5. The van der Waals surface area contributed by atoms with E-state index in [1.165, 1.54) is 11.1 Å². The predicted octanol–water partition coefficient (Wildman–Crippen LogP) is 2.12. The third-order valence-corrected chi connectivity index (χ3v) is 4.02. The highest BCUT2D eigenvalue weighted by Crippen LogP contribution is 2.18. The summed E-state index contributed by atoms with van der Waals surface area (Å²) in [5, 5.41) is 0. The minimum absolute atomic E-state index is 0.618. The van der Waals surface area contributed by atoms with Crippen LogP contribution in [0.4, 0.5) is 5.82 Å². The highest BCUT2D eigenvalue weighted by Gasteiger charge is 2.18. The van der Waals surface area contributed by atoms with Gasteiger partial charge >= 0.3 is 0 Å². The first kappa shape index (κ1) is 14.8. The van der Waals surface area contributed by atoms with Crippen LogP contribution in [0.2, 0.25) is 0 Å². The van der Waals surface area contributed by atoms with Gasteiger partial charge < -0.3 is 9.64 Å². The van der Waals surface area contributed by atoms with Gasteiger partial charge in [-0.2, -0.15) is 0 Å². The van der Waals surface area contributed by atoms with Gasteiger partial charge in [0.25, 0.3) is 0 Å². The van der Waals surface area contributed by atoms with E-state index in [1.807, 2.05) is 6.07 Å². The summed E-state index contributed by atoms with van der Waals surface area (Å²) >= 11 is 0. The molecule has 0 atom stereocenters. The van der Waals surface area contributed by atoms with Crippen molar-refractivity contribution in [1.29, 1.82) is 0 Å². The molecule has 0 radical (unpaired) electrons. The fourth-order valence-electron chi connectivity index (χ4n) is 2.82. The number of ether oxygens (including phenoxy) is 1. The van der Waals surface area contributed by atoms with Crippen molar-refractivity contribution < 1.29 is 4.74 Å². The summed E-state index contributed by atoms with van der Waals surface area (Å²) in [6, 6.07) is 10.6. The van der Waals surface area contributed by atoms with E-state index in [0.717, 1.165) is 38.5 Å². The molecule has 0 amide bonds. The van der Waals surface area contributed by atoms with Crippen molar-refractivity contribution in [2.24, 2.45) is 0 Å². The zero-order valence-corrected chi connectivity index (χ0v) is 13.2. The second-order valence-electron chi connectivity index (χ2n) is 5.67. The van der Waals surface area contributed by atoms with Gasteiger partial charge in [0.15, 0.2) is 0 Å². The summed E-state index contributed by atoms with van der Waals surface area (Å²) in [7, 11) is 1.63. The lowest BCUT2D eigenvalue weighted by atomic mass is 10.1. The molecule has 5 heteroatoms. The van der Waals surface area contributed by atoms with E-state index >= 15 is 0 Å². The number of hydrogen-bond acceptors (Lipinski definition) is 5. The second-order valence-corrected chi connectivity index (χ2v) is 5.67. The van der Waals surface area contributed by atoms with E-state index < -0.39 is 0 Å². The van der Waals surface area contributed by atoms with E-state index in [4.69, 9.17) is 4.74 Å². The molecule has 1 aromatic carbocycles. The molecule has 2 heterocycles. The lowest BCUT2D eigenvalue weighted by molar-refractivity contribution is 0.249. The van der Waals surface area contributed by atoms with Gasteiger partial charge in [-0.15, -0.1) is 0 Å². The summed E-state index contributed by atoms with van der Waals surface area (Å²) in [6.45, 7) is 7.20. The number of aromatic nitrogens is 2. The van der Waals surface area contributed by atoms with E-state index in [9.17, 15) is 0 Å². The van der Waals surface area contributed by atoms with Gasteiger partial charge in [0.1, 0.15) is 12.1 Å². The molecule has 1 fully saturated rings. The Morgan fingerprint density at radius 2 is 1.91 bits per heavy atom. The summed E-state index contributed by atoms with van der Waals surface area (Å²) in [6.07, 6.45) is 1.56. The Balaban J connectivity index is 1.58. The molecule has 0 bridgehead atoms. The quantitative estimate of drug-likeness (QED) is 0.865. The minimum Gasteiger partial charge on any atom is -0.481 e. The number of methoxy groups -OCH3 is 1. The Bertz CT molecular complexity index is 624. The van der Waals surface area contributed by atoms with Gasteiger partial charge in [0.05, 0.1) is 7.11 Å². The monoisotopic (exact) mass is 298 g/mol. The topological polar surface area (TPSA) is 41.5 Å². The molecule has 1 aliphatic heterocycles. The number of rotatable bonds is 4. The Kier molecular flexibility index (Phi) is 4.53. The van der Waals surface area contributed by atoms with Gasteiger partial charge in [-0.25, -0.2) is 9.97 Å². The molecule has 116 valence electrons. The number of aryl methyl sites for hydroxylation is 1. The summed E-state index contributed by atoms with van der Waals surface area (Å²) in [5.41, 5.74) is 2.71. The third kappa shape index (κ3) is 3.54. The molecule has 0 saturated carbocycles. The Morgan fingerprint density at radius 3 is 2.64 bits per heavy atom. The first-order valence-electron chi connectivity index (χ1n) is 7.63. The molecule has 0 spiro atoms. The van der Waals surface area contributed by atoms with Crippen LogP contribution in [0.15, 0.2) is 36.7 Å². The normalized spacial score (nSPS) is 15.8. The lowest BCUT2D eigenvalue weighted by Gasteiger charge is -2.35. The molecule has 2 aromatic rings. The standard InChI is InChI=1S/C17H22N4O/c1-14-4-3-5-15(10-14)12-20-6-8-21(9-7-20)16-11-17(22-2)19-13-18-16/h3-5,10-11,13H,6-9,12H2,1-2H3. The molecule has 1 saturated heterocycles. The zero-order chi connectivity index (χ0) is 15.4. The van der Waals surface area contributed by atoms with E-state index in [2.05, 4.69) is 51.0 Å². The van der Waals surface area contributed by atoms with Crippen molar-refractivity contribution in [3.8, 4) is 5.88 Å². The van der Waals surface area contributed by atoms with Crippen LogP contribution in [0, 0.1) is 6.92 Å². The van der Waals surface area contributed by atoms with Crippen LogP contribution in [0.25, 0.3) is 0 Å². The van der Waals surface area contributed by atoms with Crippen LogP contribution in [-0.4, -0.2) is 48.2 Å². The lowest BCUT2D eigenvalue weighted by Crippen LogP contribution is -2.46. The molecule has 1 aromatic heterocycles. The van der Waals surface area contributed by atoms with Crippen LogP contribution in [0.5, 0.6) is 5.88 Å². The summed E-state index contributed by atoms with van der Waals surface area (Å²) in [4.78, 5) is 13.2. The first-order valence-corrected chi connectivity index (χ1v) is 7.63. The minimum atomic E-state index is 0.618. The largest absolute Gasteiger partial charge is 0.481 e. The average molecular weight is 298 g/mol. The number of hydrogen-bond donors (Lipinski definition) is 0. The molecule has 0 aliphatic carbocycles. The summed E-state index contributed by atoms with van der Waals surface area (Å²) in [5.74, 6) is 1.56. The van der Waals surface area contributed by atoms with E-state index in [-0.39, 0.29) is 0 Å². The fourth-order valence-corrected chi connectivity index (χ4v) is 2.82. The van der Waals surface area contributed by atoms with Crippen molar-refractivity contribution in [1.82, 2.24) is 14.9 Å². The van der Waals surface area contributed by atoms with Crippen molar-refractivity contribution in [3.63, 3.8) is 0 Å². The van der Waals surface area contributed by atoms with Crippen LogP contribution in [-0.2, 0) is 6.54 Å². The highest BCUT2D eigenvalue weighted by molar-refractivity contribution is 5.41. The Labute approximate surface area is 131 Å². The number of nitrogens with zero attached hydrogens (tertiary/aromatic N) is 4. The molecular weight excluding hydrogens is 276 g/mol. The van der Waals surface area contributed by atoms with Crippen LogP contribution in [0.1, 0.15) is 11.1 Å². The van der Waals surface area contributed by atoms with Crippen molar-refractivity contribution in [2.45, 2.75) is 13.5 Å². The Morgan fingerprint density at radius 1 is 1.09 bits per heavy atom. The van der Waals surface area contributed by atoms with Gasteiger partial charge in [-0.05, 0) is 12.5 Å². The van der Waals surface area contributed by atoms with Crippen molar-refractivity contribution in [3.05, 3.63) is 47.8 Å². The number of anilines is 1. The van der Waals surface area contributed by atoms with Gasteiger partial charge in [-0.1, -0.05) is 29.8 Å². The molecule has 3 rings (SSSR count). The average Bonchev–Trinajstić information content (AvgIpc) is 2.56. The van der Waals surface area contributed by atoms with Gasteiger partial charge in [0, 0.05) is 38.8 Å². The molecule has 0 unspecified atom stereocenters. The first-order chi connectivity index (χ1) is 10.7. The van der Waals surface area contributed by atoms with Gasteiger partial charge in [-0.3, -0.25) is 4.90 Å². The van der Waals surface area contributed by atoms with Crippen LogP contribution < -0.4 is 9.64 Å². The van der Waals surface area contributed by atoms with E-state index in [1.54, 1.807) is 13.4 Å². The number of benzene rings is 1. The SMILES string of the molecule is COc1cc(N2CCN(Cc3cccc(C)c3)CC2)ncn1. The predicted molar refractivity (Wildman–Crippen MR) is 87.3 cm³/mol.